The Morgan fingerprint density at radius 1 is 1.53 bits per heavy atom. The quantitative estimate of drug-likeness (QED) is 0.732. The van der Waals surface area contributed by atoms with Crippen LogP contribution in [0.15, 0.2) is 23.7 Å². The van der Waals surface area contributed by atoms with Gasteiger partial charge in [0.1, 0.15) is 0 Å². The van der Waals surface area contributed by atoms with E-state index in [4.69, 9.17) is 4.74 Å². The van der Waals surface area contributed by atoms with Crippen molar-refractivity contribution in [3.8, 4) is 0 Å². The second-order valence-electron chi connectivity index (χ2n) is 3.32. The first-order chi connectivity index (χ1) is 7.22. The summed E-state index contributed by atoms with van der Waals surface area (Å²) in [5, 5.41) is 0. The number of carbonyl (C=O) groups is 1. The lowest BCUT2D eigenvalue weighted by Crippen LogP contribution is -2.10. The average Bonchev–Trinajstić information content (AvgIpc) is 2.73. The summed E-state index contributed by atoms with van der Waals surface area (Å²) in [6.07, 6.45) is 0. The molecule has 1 heterocycles. The summed E-state index contributed by atoms with van der Waals surface area (Å²) < 4.78 is 5.81. The van der Waals surface area contributed by atoms with Crippen LogP contribution >= 0.6 is 11.3 Å². The monoisotopic (exact) mass is 221 g/mol. The fourth-order valence-corrected chi connectivity index (χ4v) is 2.18. The van der Waals surface area contributed by atoms with Gasteiger partial charge < -0.3 is 4.74 Å². The summed E-state index contributed by atoms with van der Waals surface area (Å²) in [6, 6.07) is 5.85. The van der Waals surface area contributed by atoms with Gasteiger partial charge in [0.25, 0.3) is 0 Å². The number of benzene rings is 1. The predicted molar refractivity (Wildman–Crippen MR) is 60.1 cm³/mol. The molecule has 15 heavy (non-hydrogen) atoms. The zero-order valence-corrected chi connectivity index (χ0v) is 9.38. The van der Waals surface area contributed by atoms with E-state index in [1.165, 1.54) is 7.11 Å². The molecule has 1 aromatic heterocycles. The number of fused-ring (bicyclic) bond motifs is 1. The number of hydrogen-bond donors (Lipinski definition) is 0. The third-order valence-electron chi connectivity index (χ3n) is 2.41. The van der Waals surface area contributed by atoms with Crippen molar-refractivity contribution in [2.45, 2.75) is 12.8 Å². The SMILES string of the molecule is COC(=O)C(C)c1ccc2ncsc2c1. The maximum atomic E-state index is 11.4. The second kappa shape index (κ2) is 3.98. The summed E-state index contributed by atoms with van der Waals surface area (Å²) in [5.74, 6) is -0.430. The molecular weight excluding hydrogens is 210 g/mol. The standard InChI is InChI=1S/C11H11NO2S/c1-7(11(13)14-2)8-3-4-9-10(5-8)15-6-12-9/h3-7H,1-2H3. The molecule has 0 aliphatic carbocycles. The highest BCUT2D eigenvalue weighted by molar-refractivity contribution is 7.16. The molecule has 0 N–H and O–H groups in total. The fourth-order valence-electron chi connectivity index (χ4n) is 1.45. The number of ether oxygens (including phenoxy) is 1. The van der Waals surface area contributed by atoms with Crippen molar-refractivity contribution in [3.63, 3.8) is 0 Å². The number of nitrogens with zero attached hydrogens (tertiary/aromatic N) is 1. The molecule has 4 heteroatoms. The van der Waals surface area contributed by atoms with Crippen molar-refractivity contribution in [1.82, 2.24) is 4.98 Å². The van der Waals surface area contributed by atoms with E-state index in [1.54, 1.807) is 16.8 Å². The molecule has 1 unspecified atom stereocenters. The molecule has 0 spiro atoms. The Labute approximate surface area is 91.7 Å². The Morgan fingerprint density at radius 3 is 3.07 bits per heavy atom. The zero-order valence-electron chi connectivity index (χ0n) is 8.56. The van der Waals surface area contributed by atoms with E-state index >= 15 is 0 Å². The molecule has 78 valence electrons. The first-order valence-corrected chi connectivity index (χ1v) is 5.51. The normalized spacial score (nSPS) is 12.7. The van der Waals surface area contributed by atoms with Crippen LogP contribution in [-0.2, 0) is 9.53 Å². The van der Waals surface area contributed by atoms with Crippen LogP contribution in [0.4, 0.5) is 0 Å². The second-order valence-corrected chi connectivity index (χ2v) is 4.21. The van der Waals surface area contributed by atoms with Crippen molar-refractivity contribution in [2.75, 3.05) is 7.11 Å². The Hall–Kier alpha value is -1.42. The smallest absolute Gasteiger partial charge is 0.312 e. The molecule has 0 radical (unpaired) electrons. The topological polar surface area (TPSA) is 39.2 Å². The highest BCUT2D eigenvalue weighted by atomic mass is 32.1. The number of carbonyl (C=O) groups excluding carboxylic acids is 1. The van der Waals surface area contributed by atoms with Crippen LogP contribution in [0.25, 0.3) is 10.2 Å². The molecule has 0 amide bonds. The van der Waals surface area contributed by atoms with Gasteiger partial charge in [-0.05, 0) is 24.6 Å². The minimum absolute atomic E-state index is 0.209. The van der Waals surface area contributed by atoms with Crippen molar-refractivity contribution < 1.29 is 9.53 Å². The molecule has 2 rings (SSSR count). The van der Waals surface area contributed by atoms with Crippen molar-refractivity contribution >= 4 is 27.5 Å². The minimum atomic E-state index is -0.221. The molecule has 1 aromatic carbocycles. The van der Waals surface area contributed by atoms with Crippen LogP contribution in [0.3, 0.4) is 0 Å². The highest BCUT2D eigenvalue weighted by Crippen LogP contribution is 2.24. The highest BCUT2D eigenvalue weighted by Gasteiger charge is 2.15. The van der Waals surface area contributed by atoms with Crippen molar-refractivity contribution in [2.24, 2.45) is 0 Å². The lowest BCUT2D eigenvalue weighted by Gasteiger charge is -2.08. The maximum Gasteiger partial charge on any atom is 0.312 e. The van der Waals surface area contributed by atoms with Crippen LogP contribution in [-0.4, -0.2) is 18.1 Å². The van der Waals surface area contributed by atoms with E-state index in [9.17, 15) is 4.79 Å². The lowest BCUT2D eigenvalue weighted by molar-refractivity contribution is -0.141. The Morgan fingerprint density at radius 2 is 2.33 bits per heavy atom. The third kappa shape index (κ3) is 1.85. The van der Waals surface area contributed by atoms with Gasteiger partial charge in [-0.25, -0.2) is 4.98 Å². The van der Waals surface area contributed by atoms with E-state index in [0.29, 0.717) is 0 Å². The molecule has 3 nitrogen and oxygen atoms in total. The van der Waals surface area contributed by atoms with Crippen LogP contribution in [0, 0.1) is 0 Å². The Bertz CT molecular complexity index is 492. The van der Waals surface area contributed by atoms with Gasteiger partial charge in [0.2, 0.25) is 0 Å². The van der Waals surface area contributed by atoms with Gasteiger partial charge in [-0.3, -0.25) is 4.79 Å². The van der Waals surface area contributed by atoms with Gasteiger partial charge in [-0.1, -0.05) is 6.07 Å². The largest absolute Gasteiger partial charge is 0.469 e. The number of aromatic nitrogens is 1. The molecule has 1 atom stereocenters. The molecule has 2 aromatic rings. The Kier molecular flexibility index (Phi) is 2.68. The zero-order chi connectivity index (χ0) is 10.8. The summed E-state index contributed by atoms with van der Waals surface area (Å²) in [7, 11) is 1.41. The summed E-state index contributed by atoms with van der Waals surface area (Å²) in [4.78, 5) is 15.5. The third-order valence-corrected chi connectivity index (χ3v) is 3.20. The fraction of sp³-hybridized carbons (Fsp3) is 0.273. The molecular formula is C11H11NO2S. The average molecular weight is 221 g/mol. The number of hydrogen-bond acceptors (Lipinski definition) is 4. The van der Waals surface area contributed by atoms with E-state index in [0.717, 1.165) is 15.8 Å². The molecule has 0 bridgehead atoms. The van der Waals surface area contributed by atoms with Gasteiger partial charge in [-0.2, -0.15) is 0 Å². The number of thiazole rings is 1. The van der Waals surface area contributed by atoms with E-state index in [-0.39, 0.29) is 11.9 Å². The number of methoxy groups -OCH3 is 1. The van der Waals surface area contributed by atoms with Crippen LogP contribution < -0.4 is 0 Å². The van der Waals surface area contributed by atoms with E-state index in [1.807, 2.05) is 25.1 Å². The van der Waals surface area contributed by atoms with Gasteiger partial charge >= 0.3 is 5.97 Å². The lowest BCUT2D eigenvalue weighted by atomic mass is 10.0. The molecule has 0 aliphatic heterocycles. The number of esters is 1. The van der Waals surface area contributed by atoms with Crippen molar-refractivity contribution in [3.05, 3.63) is 29.3 Å². The summed E-state index contributed by atoms with van der Waals surface area (Å²) >= 11 is 1.57. The van der Waals surface area contributed by atoms with Crippen molar-refractivity contribution in [1.29, 1.82) is 0 Å². The van der Waals surface area contributed by atoms with Gasteiger partial charge in [0.15, 0.2) is 0 Å². The van der Waals surface area contributed by atoms with Crippen LogP contribution in [0.1, 0.15) is 18.4 Å². The minimum Gasteiger partial charge on any atom is -0.469 e. The molecule has 0 aliphatic rings. The summed E-state index contributed by atoms with van der Waals surface area (Å²) in [6.45, 7) is 1.84. The molecule has 0 fully saturated rings. The van der Waals surface area contributed by atoms with Crippen LogP contribution in [0.2, 0.25) is 0 Å². The van der Waals surface area contributed by atoms with Gasteiger partial charge in [0.05, 0.1) is 28.8 Å². The Balaban J connectivity index is 2.39. The first-order valence-electron chi connectivity index (χ1n) is 4.63. The molecule has 0 saturated carbocycles. The van der Waals surface area contributed by atoms with E-state index < -0.39 is 0 Å². The van der Waals surface area contributed by atoms with Gasteiger partial charge in [-0.15, -0.1) is 11.3 Å². The van der Waals surface area contributed by atoms with E-state index in [2.05, 4.69) is 4.98 Å². The summed E-state index contributed by atoms with van der Waals surface area (Å²) in [5.41, 5.74) is 3.75. The molecule has 0 saturated heterocycles. The first kappa shape index (κ1) is 10.1. The predicted octanol–water partition coefficient (Wildman–Crippen LogP) is 2.57. The van der Waals surface area contributed by atoms with Gasteiger partial charge in [0, 0.05) is 0 Å². The number of rotatable bonds is 2. The van der Waals surface area contributed by atoms with Crippen LogP contribution in [0.5, 0.6) is 0 Å². The maximum absolute atomic E-state index is 11.4.